The van der Waals surface area contributed by atoms with Crippen molar-refractivity contribution >= 4 is 49.7 Å². The first kappa shape index (κ1) is 17.3. The number of nitrogens with one attached hydrogen (secondary N) is 1. The van der Waals surface area contributed by atoms with Crippen LogP contribution in [-0.4, -0.2) is 20.5 Å². The second kappa shape index (κ2) is 5.99. The van der Waals surface area contributed by atoms with E-state index < -0.39 is 15.6 Å². The minimum Gasteiger partial charge on any atom is -0.324 e. The zero-order valence-corrected chi connectivity index (χ0v) is 13.8. The van der Waals surface area contributed by atoms with Gasteiger partial charge in [-0.3, -0.25) is 0 Å². The lowest BCUT2D eigenvalue weighted by Crippen LogP contribution is -2.45. The zero-order valence-electron chi connectivity index (χ0n) is 9.78. The van der Waals surface area contributed by atoms with Crippen molar-refractivity contribution in [1.82, 2.24) is 4.72 Å². The second-order valence-electron chi connectivity index (χ2n) is 4.28. The Bertz CT molecular complexity index is 480. The molecule has 0 unspecified atom stereocenters. The summed E-state index contributed by atoms with van der Waals surface area (Å²) in [6.45, 7) is 5.53. The molecule has 0 aliphatic rings. The molecule has 0 radical (unpaired) electrons. The smallest absolute Gasteiger partial charge is 0.241 e. The van der Waals surface area contributed by atoms with Crippen molar-refractivity contribution in [2.24, 2.45) is 5.73 Å². The van der Waals surface area contributed by atoms with Crippen LogP contribution in [0.15, 0.2) is 14.7 Å². The molecular weight excluding hydrogens is 348 g/mol. The largest absolute Gasteiger partial charge is 0.324 e. The van der Waals surface area contributed by atoms with Gasteiger partial charge in [0.1, 0.15) is 0 Å². The van der Waals surface area contributed by atoms with E-state index in [0.717, 1.165) is 8.66 Å². The predicted octanol–water partition coefficient (Wildman–Crippen LogP) is 2.26. The number of nitrogens with two attached hydrogens (primary N) is 1. The van der Waals surface area contributed by atoms with Gasteiger partial charge in [-0.2, -0.15) is 0 Å². The molecule has 0 saturated heterocycles. The van der Waals surface area contributed by atoms with Gasteiger partial charge in [0.2, 0.25) is 10.0 Å². The second-order valence-corrected chi connectivity index (χ2v) is 8.66. The van der Waals surface area contributed by atoms with Crippen LogP contribution >= 0.6 is 39.7 Å². The number of aryl methyl sites for hydroxylation is 1. The molecule has 0 aromatic carbocycles. The molecule has 1 rings (SSSR count). The summed E-state index contributed by atoms with van der Waals surface area (Å²) < 4.78 is 27.2. The normalized spacial score (nSPS) is 12.3. The minimum atomic E-state index is -3.45. The Balaban J connectivity index is 0.00000256. The van der Waals surface area contributed by atoms with Crippen molar-refractivity contribution in [3.05, 3.63) is 14.7 Å². The fraction of sp³-hybridized carbons (Fsp3) is 0.556. The van der Waals surface area contributed by atoms with Gasteiger partial charge >= 0.3 is 0 Å². The predicted molar refractivity (Wildman–Crippen MR) is 77.5 cm³/mol. The molecule has 0 amide bonds. The average Bonchev–Trinajstić information content (AvgIpc) is 2.42. The monoisotopic (exact) mass is 362 g/mol. The van der Waals surface area contributed by atoms with E-state index in [9.17, 15) is 8.42 Å². The SMILES string of the molecule is Cc1sc(Br)cc1S(=O)(=O)NCC(C)(C)N.Cl. The van der Waals surface area contributed by atoms with Crippen molar-refractivity contribution < 1.29 is 8.42 Å². The van der Waals surface area contributed by atoms with Crippen molar-refractivity contribution in [3.8, 4) is 0 Å². The van der Waals surface area contributed by atoms with Crippen LogP contribution in [0, 0.1) is 6.92 Å². The van der Waals surface area contributed by atoms with Gasteiger partial charge in [-0.1, -0.05) is 0 Å². The summed E-state index contributed by atoms with van der Waals surface area (Å²) in [6, 6.07) is 1.60. The van der Waals surface area contributed by atoms with E-state index in [0.29, 0.717) is 4.90 Å². The number of sulfonamides is 1. The van der Waals surface area contributed by atoms with Crippen LogP contribution in [0.4, 0.5) is 0 Å². The summed E-state index contributed by atoms with van der Waals surface area (Å²) >= 11 is 4.66. The van der Waals surface area contributed by atoms with E-state index in [1.165, 1.54) is 11.3 Å². The number of rotatable bonds is 4. The third kappa shape index (κ3) is 5.23. The van der Waals surface area contributed by atoms with E-state index in [4.69, 9.17) is 5.73 Å². The third-order valence-electron chi connectivity index (χ3n) is 1.85. The summed E-state index contributed by atoms with van der Waals surface area (Å²) in [4.78, 5) is 1.07. The Kier molecular flexibility index (Phi) is 6.11. The van der Waals surface area contributed by atoms with Crippen molar-refractivity contribution in [1.29, 1.82) is 0 Å². The molecule has 0 fully saturated rings. The molecule has 0 atom stereocenters. The van der Waals surface area contributed by atoms with Gasteiger partial charge in [0.05, 0.1) is 8.68 Å². The first-order chi connectivity index (χ1) is 7.12. The fourth-order valence-electron chi connectivity index (χ4n) is 1.06. The third-order valence-corrected chi connectivity index (χ3v) is 5.06. The molecule has 0 spiro atoms. The zero-order chi connectivity index (χ0) is 12.6. The van der Waals surface area contributed by atoms with Gasteiger partial charge in [0.25, 0.3) is 0 Å². The van der Waals surface area contributed by atoms with Crippen LogP contribution < -0.4 is 10.5 Å². The summed E-state index contributed by atoms with van der Waals surface area (Å²) in [7, 11) is -3.45. The summed E-state index contributed by atoms with van der Waals surface area (Å²) in [5, 5.41) is 0. The first-order valence-corrected chi connectivity index (χ1v) is 7.75. The first-order valence-electron chi connectivity index (χ1n) is 4.66. The molecule has 3 N–H and O–H groups in total. The van der Waals surface area contributed by atoms with Gasteiger partial charge in [0, 0.05) is 17.0 Å². The number of hydrogen-bond acceptors (Lipinski definition) is 4. The van der Waals surface area contributed by atoms with E-state index in [1.807, 2.05) is 0 Å². The van der Waals surface area contributed by atoms with Gasteiger partial charge < -0.3 is 5.73 Å². The highest BCUT2D eigenvalue weighted by Crippen LogP contribution is 2.29. The number of thiophene rings is 1. The lowest BCUT2D eigenvalue weighted by atomic mass is 10.1. The molecule has 1 heterocycles. The lowest BCUT2D eigenvalue weighted by molar-refractivity contribution is 0.498. The highest BCUT2D eigenvalue weighted by atomic mass is 79.9. The van der Waals surface area contributed by atoms with Crippen molar-refractivity contribution in [3.63, 3.8) is 0 Å². The van der Waals surface area contributed by atoms with Gasteiger partial charge in [0.15, 0.2) is 0 Å². The Morgan fingerprint density at radius 2 is 2.06 bits per heavy atom. The van der Waals surface area contributed by atoms with E-state index in [-0.39, 0.29) is 19.0 Å². The Hall–Kier alpha value is 0.340. The van der Waals surface area contributed by atoms with Crippen LogP contribution in [-0.2, 0) is 10.0 Å². The summed E-state index contributed by atoms with van der Waals surface area (Å²) in [5.41, 5.74) is 5.17. The highest BCUT2D eigenvalue weighted by molar-refractivity contribution is 9.11. The van der Waals surface area contributed by atoms with Gasteiger partial charge in [-0.25, -0.2) is 13.1 Å². The maximum Gasteiger partial charge on any atom is 0.241 e. The molecule has 1 aromatic rings. The minimum absolute atomic E-state index is 0. The molecule has 1 aromatic heterocycles. The molecule has 100 valence electrons. The van der Waals surface area contributed by atoms with Crippen LogP contribution in [0.1, 0.15) is 18.7 Å². The molecule has 8 heteroatoms. The number of halogens is 2. The van der Waals surface area contributed by atoms with Crippen LogP contribution in [0.3, 0.4) is 0 Å². The lowest BCUT2D eigenvalue weighted by Gasteiger charge is -2.18. The Labute approximate surface area is 121 Å². The number of hydrogen-bond donors (Lipinski definition) is 2. The van der Waals surface area contributed by atoms with Crippen molar-refractivity contribution in [2.45, 2.75) is 31.2 Å². The molecule has 0 aliphatic carbocycles. The standard InChI is InChI=1S/C9H15BrN2O2S2.ClH/c1-6-7(4-8(10)15-6)16(13,14)12-5-9(2,3)11;/h4,12H,5,11H2,1-3H3;1H. The van der Waals surface area contributed by atoms with Gasteiger partial charge in [-0.05, 0) is 42.8 Å². The molecule has 0 saturated carbocycles. The van der Waals surface area contributed by atoms with Gasteiger partial charge in [-0.15, -0.1) is 23.7 Å². The average molecular weight is 364 g/mol. The summed E-state index contributed by atoms with van der Waals surface area (Å²) in [5.74, 6) is 0. The van der Waals surface area contributed by atoms with E-state index in [1.54, 1.807) is 26.8 Å². The topological polar surface area (TPSA) is 72.2 Å². The Morgan fingerprint density at radius 1 is 1.53 bits per heavy atom. The molecule has 4 nitrogen and oxygen atoms in total. The highest BCUT2D eigenvalue weighted by Gasteiger charge is 2.22. The molecule has 0 bridgehead atoms. The molecule has 17 heavy (non-hydrogen) atoms. The summed E-state index contributed by atoms with van der Waals surface area (Å²) in [6.07, 6.45) is 0. The van der Waals surface area contributed by atoms with Crippen LogP contribution in [0.2, 0.25) is 0 Å². The Morgan fingerprint density at radius 3 is 2.41 bits per heavy atom. The maximum atomic E-state index is 11.9. The van der Waals surface area contributed by atoms with E-state index in [2.05, 4.69) is 20.7 Å². The quantitative estimate of drug-likeness (QED) is 0.862. The molecular formula is C9H16BrClN2O2S2. The van der Waals surface area contributed by atoms with Crippen LogP contribution in [0.25, 0.3) is 0 Å². The molecule has 0 aliphatic heterocycles. The van der Waals surface area contributed by atoms with Crippen molar-refractivity contribution in [2.75, 3.05) is 6.54 Å². The fourth-order valence-corrected chi connectivity index (χ4v) is 4.69. The van der Waals surface area contributed by atoms with Crippen LogP contribution in [0.5, 0.6) is 0 Å². The van der Waals surface area contributed by atoms with E-state index >= 15 is 0 Å². The maximum absolute atomic E-state index is 11.9.